The van der Waals surface area contributed by atoms with Gasteiger partial charge in [-0.1, -0.05) is 107 Å². The van der Waals surface area contributed by atoms with Gasteiger partial charge in [-0.2, -0.15) is 0 Å². The molecule has 0 aliphatic carbocycles. The van der Waals surface area contributed by atoms with E-state index in [-0.39, 0.29) is 49.1 Å². The lowest BCUT2D eigenvalue weighted by Crippen LogP contribution is -2.55. The molecule has 2 unspecified atom stereocenters. The summed E-state index contributed by atoms with van der Waals surface area (Å²) in [5, 5.41) is 11.6. The highest BCUT2D eigenvalue weighted by Crippen LogP contribution is 2.12. The van der Waals surface area contributed by atoms with Crippen LogP contribution < -0.4 is 5.11 Å². The first-order valence-corrected chi connectivity index (χ1v) is 19.7. The molecule has 0 aromatic rings. The van der Waals surface area contributed by atoms with Crippen LogP contribution in [0.5, 0.6) is 0 Å². The van der Waals surface area contributed by atoms with Gasteiger partial charge in [-0.3, -0.25) is 9.59 Å². The molecule has 0 spiro atoms. The third-order valence-corrected chi connectivity index (χ3v) is 8.45. The Morgan fingerprint density at radius 3 is 1.68 bits per heavy atom. The molecule has 288 valence electrons. The van der Waals surface area contributed by atoms with Crippen LogP contribution in [0.1, 0.15) is 149 Å². The number of ether oxygens (including phenoxy) is 3. The third kappa shape index (κ3) is 31.3. The van der Waals surface area contributed by atoms with E-state index < -0.39 is 18.1 Å². The number of unbranched alkanes of at least 4 members (excludes halogenated alkanes) is 12. The van der Waals surface area contributed by atoms with Crippen molar-refractivity contribution < 1.29 is 38.2 Å². The number of aliphatic carboxylic acids is 1. The lowest BCUT2D eigenvalue weighted by Gasteiger charge is -2.34. The van der Waals surface area contributed by atoms with Crippen LogP contribution in [-0.4, -0.2) is 75.5 Å². The average Bonchev–Trinajstić information content (AvgIpc) is 3.06. The fraction of sp³-hybridized carbons (Fsp3) is 0.738. The number of esters is 2. The minimum Gasteiger partial charge on any atom is -0.544 e. The van der Waals surface area contributed by atoms with Gasteiger partial charge in [0, 0.05) is 19.3 Å². The molecule has 0 saturated carbocycles. The summed E-state index contributed by atoms with van der Waals surface area (Å²) in [6, 6.07) is -0.731. The van der Waals surface area contributed by atoms with Crippen molar-refractivity contribution in [2.45, 2.75) is 161 Å². The van der Waals surface area contributed by atoms with Gasteiger partial charge in [0.15, 0.2) is 6.10 Å². The lowest BCUT2D eigenvalue weighted by atomic mass is 10.1. The van der Waals surface area contributed by atoms with Gasteiger partial charge in [0.05, 0.1) is 40.3 Å². The zero-order chi connectivity index (χ0) is 37.1. The molecule has 8 heteroatoms. The fourth-order valence-electron chi connectivity index (χ4n) is 5.37. The van der Waals surface area contributed by atoms with Crippen molar-refractivity contribution >= 4 is 17.9 Å². The van der Waals surface area contributed by atoms with Crippen molar-refractivity contribution in [3.8, 4) is 0 Å². The molecule has 8 nitrogen and oxygen atoms in total. The summed E-state index contributed by atoms with van der Waals surface area (Å²) in [4.78, 5) is 36.6. The van der Waals surface area contributed by atoms with E-state index in [1.807, 2.05) is 0 Å². The maximum Gasteiger partial charge on any atom is 0.306 e. The fourth-order valence-corrected chi connectivity index (χ4v) is 5.37. The van der Waals surface area contributed by atoms with Gasteiger partial charge in [0.25, 0.3) is 0 Å². The molecule has 2 atom stereocenters. The van der Waals surface area contributed by atoms with Gasteiger partial charge in [0.2, 0.25) is 0 Å². The maximum absolute atomic E-state index is 12.6. The number of carbonyl (C=O) groups is 3. The van der Waals surface area contributed by atoms with Crippen LogP contribution in [-0.2, 0) is 28.6 Å². The van der Waals surface area contributed by atoms with E-state index in [1.165, 1.54) is 51.4 Å². The maximum atomic E-state index is 12.6. The van der Waals surface area contributed by atoms with Crippen LogP contribution in [0, 0.1) is 0 Å². The van der Waals surface area contributed by atoms with Crippen molar-refractivity contribution in [3.63, 3.8) is 0 Å². The Kier molecular flexibility index (Phi) is 31.6. The standard InChI is InChI=1S/C42H73NO7/c1-6-8-10-12-14-16-17-18-19-20-21-22-23-25-26-28-30-32-40(44)49-37-38(36-48-35-34-39(42(46)47)43(3,4)5)50-41(45)33-31-29-27-24-15-13-11-9-7-2/h9,11,14-16,18-19,24,38-39H,6-8,10,12-13,17,20-23,25-37H2,1-5H3/b11-9+,16-14+,19-18+,24-15+. The molecule has 0 bridgehead atoms. The van der Waals surface area contributed by atoms with Crippen LogP contribution in [0.4, 0.5) is 0 Å². The summed E-state index contributed by atoms with van der Waals surface area (Å²) < 4.78 is 17.0. The molecular weight excluding hydrogens is 630 g/mol. The number of carboxylic acids is 1. The second-order valence-corrected chi connectivity index (χ2v) is 14.1. The Bertz CT molecular complexity index is 964. The van der Waals surface area contributed by atoms with E-state index in [4.69, 9.17) is 14.2 Å². The van der Waals surface area contributed by atoms with Crippen molar-refractivity contribution in [1.82, 2.24) is 0 Å². The molecule has 0 N–H and O–H groups in total. The molecule has 0 aliphatic rings. The van der Waals surface area contributed by atoms with E-state index in [0.29, 0.717) is 12.8 Å². The molecule has 0 fully saturated rings. The molecule has 50 heavy (non-hydrogen) atoms. The molecule has 0 aromatic carbocycles. The Hall–Kier alpha value is -2.71. The van der Waals surface area contributed by atoms with Crippen molar-refractivity contribution in [3.05, 3.63) is 48.6 Å². The molecule has 0 aliphatic heterocycles. The molecule has 0 amide bonds. The smallest absolute Gasteiger partial charge is 0.306 e. The predicted octanol–water partition coefficient (Wildman–Crippen LogP) is 8.74. The zero-order valence-corrected chi connectivity index (χ0v) is 32.5. The lowest BCUT2D eigenvalue weighted by molar-refractivity contribution is -0.889. The summed E-state index contributed by atoms with van der Waals surface area (Å²) in [6.45, 7) is 4.44. The number of quaternary nitrogens is 1. The quantitative estimate of drug-likeness (QED) is 0.0286. The molecule has 0 heterocycles. The normalized spacial score (nSPS) is 13.5. The summed E-state index contributed by atoms with van der Waals surface area (Å²) in [6.07, 6.45) is 37.2. The Labute approximate surface area is 306 Å². The van der Waals surface area contributed by atoms with Gasteiger partial charge in [-0.15, -0.1) is 0 Å². The summed E-state index contributed by atoms with van der Waals surface area (Å²) in [7, 11) is 5.37. The van der Waals surface area contributed by atoms with Crippen molar-refractivity contribution in [2.75, 3.05) is 41.0 Å². The monoisotopic (exact) mass is 704 g/mol. The largest absolute Gasteiger partial charge is 0.544 e. The number of allylic oxidation sites excluding steroid dienone is 8. The summed E-state index contributed by atoms with van der Waals surface area (Å²) in [5.74, 6) is -1.80. The highest BCUT2D eigenvalue weighted by molar-refractivity contribution is 5.70. The number of hydrogen-bond acceptors (Lipinski definition) is 7. The second kappa shape index (κ2) is 33.4. The first-order chi connectivity index (χ1) is 24.1. The van der Waals surface area contributed by atoms with E-state index in [0.717, 1.165) is 57.8 Å². The van der Waals surface area contributed by atoms with Crippen molar-refractivity contribution in [1.29, 1.82) is 0 Å². The molecular formula is C42H73NO7. The van der Waals surface area contributed by atoms with Gasteiger partial charge in [-0.25, -0.2) is 0 Å². The number of carboxylic acid groups (broad SMARTS) is 1. The first kappa shape index (κ1) is 47.3. The van der Waals surface area contributed by atoms with E-state index in [2.05, 4.69) is 62.5 Å². The highest BCUT2D eigenvalue weighted by atomic mass is 16.6. The minimum atomic E-state index is -1.13. The van der Waals surface area contributed by atoms with Crippen LogP contribution in [0.15, 0.2) is 48.6 Å². The van der Waals surface area contributed by atoms with E-state index in [1.54, 1.807) is 21.1 Å². The summed E-state index contributed by atoms with van der Waals surface area (Å²) >= 11 is 0. The SMILES string of the molecule is CC/C=C/C/C=C/CCCCC(=O)OC(COCCC(C(=O)[O-])[N+](C)(C)C)COC(=O)CCCCCCCCC/C=C/C/C=C/CCCCC. The number of carbonyl (C=O) groups excluding carboxylic acids is 3. The van der Waals surface area contributed by atoms with Gasteiger partial charge in [-0.05, 0) is 70.6 Å². The molecule has 0 rings (SSSR count). The number of likely N-dealkylation sites (N-methyl/N-ethyl adjacent to an activating group) is 1. The Morgan fingerprint density at radius 2 is 1.12 bits per heavy atom. The highest BCUT2D eigenvalue weighted by Gasteiger charge is 2.25. The molecule has 0 radical (unpaired) electrons. The Balaban J connectivity index is 4.37. The van der Waals surface area contributed by atoms with Gasteiger partial charge >= 0.3 is 11.9 Å². The first-order valence-electron chi connectivity index (χ1n) is 19.7. The third-order valence-electron chi connectivity index (χ3n) is 8.45. The number of rotatable bonds is 34. The summed E-state index contributed by atoms with van der Waals surface area (Å²) in [5.41, 5.74) is 0. The second-order valence-electron chi connectivity index (χ2n) is 14.1. The zero-order valence-electron chi connectivity index (χ0n) is 32.5. The van der Waals surface area contributed by atoms with Crippen LogP contribution in [0.2, 0.25) is 0 Å². The van der Waals surface area contributed by atoms with Gasteiger partial charge in [0.1, 0.15) is 12.6 Å². The topological polar surface area (TPSA) is 102 Å². The molecule has 0 saturated heterocycles. The Morgan fingerprint density at radius 1 is 0.620 bits per heavy atom. The van der Waals surface area contributed by atoms with Crippen LogP contribution in [0.25, 0.3) is 0 Å². The minimum absolute atomic E-state index is 0.0237. The number of hydrogen-bond donors (Lipinski definition) is 0. The van der Waals surface area contributed by atoms with E-state index in [9.17, 15) is 19.5 Å². The van der Waals surface area contributed by atoms with Gasteiger partial charge < -0.3 is 28.6 Å². The van der Waals surface area contributed by atoms with Crippen molar-refractivity contribution in [2.24, 2.45) is 0 Å². The van der Waals surface area contributed by atoms with E-state index >= 15 is 0 Å². The predicted molar refractivity (Wildman–Crippen MR) is 203 cm³/mol. The molecule has 0 aromatic heterocycles. The van der Waals surface area contributed by atoms with Crippen LogP contribution >= 0.6 is 0 Å². The van der Waals surface area contributed by atoms with Crippen LogP contribution in [0.3, 0.4) is 0 Å². The average molecular weight is 704 g/mol. The number of nitrogens with zero attached hydrogens (tertiary/aromatic N) is 1.